The van der Waals surface area contributed by atoms with Crippen molar-refractivity contribution in [3.63, 3.8) is 0 Å². The highest BCUT2D eigenvalue weighted by atomic mass is 19.4. The van der Waals surface area contributed by atoms with Crippen molar-refractivity contribution in [2.24, 2.45) is 0 Å². The first kappa shape index (κ1) is 24.3. The molecule has 3 aromatic carbocycles. The summed E-state index contributed by atoms with van der Waals surface area (Å²) in [6, 6.07) is 19.2. The van der Waals surface area contributed by atoms with Crippen molar-refractivity contribution >= 4 is 10.8 Å². The molecule has 0 N–H and O–H groups in total. The summed E-state index contributed by atoms with van der Waals surface area (Å²) in [5.41, 5.74) is 3.08. The van der Waals surface area contributed by atoms with Gasteiger partial charge in [0, 0.05) is 10.9 Å². The van der Waals surface area contributed by atoms with Gasteiger partial charge in [0.2, 0.25) is 0 Å². The molecule has 7 heteroatoms. The van der Waals surface area contributed by atoms with Crippen LogP contribution < -0.4 is 9.47 Å². The topological polar surface area (TPSA) is 31.4 Å². The second-order valence-electron chi connectivity index (χ2n) is 8.00. The Morgan fingerprint density at radius 2 is 1.63 bits per heavy atom. The molecule has 0 aliphatic rings. The van der Waals surface area contributed by atoms with Crippen LogP contribution in [-0.4, -0.2) is 24.4 Å². The van der Waals surface area contributed by atoms with Crippen molar-refractivity contribution in [3.05, 3.63) is 103 Å². The van der Waals surface area contributed by atoms with Crippen molar-refractivity contribution in [1.29, 1.82) is 0 Å². The fourth-order valence-electron chi connectivity index (χ4n) is 3.68. The van der Waals surface area contributed by atoms with E-state index < -0.39 is 12.8 Å². The van der Waals surface area contributed by atoms with E-state index >= 15 is 4.39 Å². The molecule has 0 spiro atoms. The van der Waals surface area contributed by atoms with Gasteiger partial charge in [-0.15, -0.1) is 0 Å². The highest BCUT2D eigenvalue weighted by Crippen LogP contribution is 2.28. The van der Waals surface area contributed by atoms with Gasteiger partial charge >= 0.3 is 6.18 Å². The number of hydrogen-bond donors (Lipinski definition) is 0. The third kappa shape index (κ3) is 6.38. The van der Waals surface area contributed by atoms with E-state index in [1.807, 2.05) is 30.3 Å². The lowest BCUT2D eigenvalue weighted by Crippen LogP contribution is -2.19. The Hall–Kier alpha value is -3.87. The predicted molar refractivity (Wildman–Crippen MR) is 128 cm³/mol. The highest BCUT2D eigenvalue weighted by molar-refractivity contribution is 5.88. The zero-order valence-electron chi connectivity index (χ0n) is 18.8. The first-order valence-corrected chi connectivity index (χ1v) is 11.0. The Labute approximate surface area is 200 Å². The van der Waals surface area contributed by atoms with E-state index in [1.165, 1.54) is 12.1 Å². The third-order valence-electron chi connectivity index (χ3n) is 5.44. The van der Waals surface area contributed by atoms with Gasteiger partial charge in [-0.2, -0.15) is 13.2 Å². The Balaban J connectivity index is 1.43. The Bertz CT molecular complexity index is 1300. The minimum atomic E-state index is -4.38. The average molecular weight is 481 g/mol. The minimum absolute atomic E-state index is 0.146. The molecule has 0 amide bonds. The van der Waals surface area contributed by atoms with Gasteiger partial charge in [0.05, 0.1) is 11.9 Å². The van der Waals surface area contributed by atoms with E-state index in [-0.39, 0.29) is 11.6 Å². The van der Waals surface area contributed by atoms with Gasteiger partial charge in [-0.1, -0.05) is 49.1 Å². The number of nitrogens with zero attached hydrogens (tertiary/aromatic N) is 1. The summed E-state index contributed by atoms with van der Waals surface area (Å²) in [7, 11) is 0. The molecule has 0 saturated heterocycles. The lowest BCUT2D eigenvalue weighted by molar-refractivity contribution is -0.153. The SMILES string of the molecule is C=CCOc1ccc(-c2ccc3c(F)c(CCc4ccc(OCC(F)(F)F)cc4)ccc3c2)nc1. The zero-order valence-corrected chi connectivity index (χ0v) is 18.8. The van der Waals surface area contributed by atoms with Crippen molar-refractivity contribution < 1.29 is 27.0 Å². The summed E-state index contributed by atoms with van der Waals surface area (Å²) >= 11 is 0. The molecule has 0 fully saturated rings. The van der Waals surface area contributed by atoms with Crippen LogP contribution in [0.1, 0.15) is 11.1 Å². The van der Waals surface area contributed by atoms with E-state index in [1.54, 1.807) is 36.5 Å². The van der Waals surface area contributed by atoms with E-state index in [9.17, 15) is 13.2 Å². The van der Waals surface area contributed by atoms with E-state index in [2.05, 4.69) is 11.6 Å². The summed E-state index contributed by atoms with van der Waals surface area (Å²) in [6.07, 6.45) is -0.0755. The normalized spacial score (nSPS) is 11.4. The molecule has 180 valence electrons. The summed E-state index contributed by atoms with van der Waals surface area (Å²) in [4.78, 5) is 4.42. The van der Waals surface area contributed by atoms with Crippen LogP contribution in [-0.2, 0) is 12.8 Å². The molecule has 1 heterocycles. The van der Waals surface area contributed by atoms with Gasteiger partial charge in [-0.05, 0) is 59.7 Å². The number of aromatic nitrogens is 1. The van der Waals surface area contributed by atoms with Gasteiger partial charge in [-0.3, -0.25) is 4.98 Å². The van der Waals surface area contributed by atoms with Crippen molar-refractivity contribution in [1.82, 2.24) is 4.98 Å². The molecule has 0 radical (unpaired) electrons. The maximum Gasteiger partial charge on any atom is 0.422 e. The summed E-state index contributed by atoms with van der Waals surface area (Å²) in [5.74, 6) is 0.515. The molecule has 0 aliphatic carbocycles. The van der Waals surface area contributed by atoms with Crippen LogP contribution in [0.15, 0.2) is 85.6 Å². The number of pyridine rings is 1. The molecule has 0 atom stereocenters. The van der Waals surface area contributed by atoms with E-state index in [0.717, 1.165) is 22.2 Å². The molecule has 0 saturated carbocycles. The molecule has 0 unspecified atom stereocenters. The van der Waals surface area contributed by atoms with Crippen LogP contribution >= 0.6 is 0 Å². The molecule has 4 aromatic rings. The van der Waals surface area contributed by atoms with Gasteiger partial charge in [0.15, 0.2) is 6.61 Å². The fraction of sp³-hybridized carbons (Fsp3) is 0.179. The minimum Gasteiger partial charge on any atom is -0.488 e. The second kappa shape index (κ2) is 10.6. The van der Waals surface area contributed by atoms with Crippen LogP contribution in [0, 0.1) is 5.82 Å². The second-order valence-corrected chi connectivity index (χ2v) is 8.00. The zero-order chi connectivity index (χ0) is 24.8. The first-order valence-electron chi connectivity index (χ1n) is 11.0. The lowest BCUT2D eigenvalue weighted by Gasteiger charge is -2.11. The molecule has 0 bridgehead atoms. The number of benzene rings is 3. The number of hydrogen-bond acceptors (Lipinski definition) is 3. The summed E-state index contributed by atoms with van der Waals surface area (Å²) in [5, 5.41) is 1.29. The highest BCUT2D eigenvalue weighted by Gasteiger charge is 2.28. The average Bonchev–Trinajstić information content (AvgIpc) is 2.86. The monoisotopic (exact) mass is 481 g/mol. The third-order valence-corrected chi connectivity index (χ3v) is 5.44. The molecular weight excluding hydrogens is 458 g/mol. The van der Waals surface area contributed by atoms with Gasteiger partial charge in [-0.25, -0.2) is 4.39 Å². The molecule has 3 nitrogen and oxygen atoms in total. The quantitative estimate of drug-likeness (QED) is 0.185. The maximum atomic E-state index is 15.2. The van der Waals surface area contributed by atoms with Crippen molar-refractivity contribution in [2.75, 3.05) is 13.2 Å². The lowest BCUT2D eigenvalue weighted by atomic mass is 9.98. The Kier molecular flexibility index (Phi) is 7.34. The molecule has 4 rings (SSSR count). The molecule has 35 heavy (non-hydrogen) atoms. The first-order chi connectivity index (χ1) is 16.8. The van der Waals surface area contributed by atoms with Crippen molar-refractivity contribution in [2.45, 2.75) is 19.0 Å². The van der Waals surface area contributed by atoms with Gasteiger partial charge in [0.25, 0.3) is 0 Å². The fourth-order valence-corrected chi connectivity index (χ4v) is 3.68. The number of aryl methyl sites for hydroxylation is 2. The van der Waals surface area contributed by atoms with Crippen LogP contribution in [0.2, 0.25) is 0 Å². The van der Waals surface area contributed by atoms with Crippen LogP contribution in [0.25, 0.3) is 22.0 Å². The number of rotatable bonds is 9. The maximum absolute atomic E-state index is 15.2. The summed E-state index contributed by atoms with van der Waals surface area (Å²) in [6.45, 7) is 2.69. The van der Waals surface area contributed by atoms with Crippen LogP contribution in [0.3, 0.4) is 0 Å². The molecular formula is C28H23F4NO2. The van der Waals surface area contributed by atoms with E-state index in [4.69, 9.17) is 9.47 Å². The molecule has 1 aromatic heterocycles. The largest absolute Gasteiger partial charge is 0.488 e. The van der Waals surface area contributed by atoms with Crippen molar-refractivity contribution in [3.8, 4) is 22.8 Å². The number of halogens is 4. The summed E-state index contributed by atoms with van der Waals surface area (Å²) < 4.78 is 62.2. The van der Waals surface area contributed by atoms with Crippen LogP contribution in [0.4, 0.5) is 17.6 Å². The van der Waals surface area contributed by atoms with Gasteiger partial charge in [0.1, 0.15) is 23.9 Å². The smallest absolute Gasteiger partial charge is 0.422 e. The van der Waals surface area contributed by atoms with Crippen LogP contribution in [0.5, 0.6) is 11.5 Å². The number of ether oxygens (including phenoxy) is 2. The Morgan fingerprint density at radius 3 is 2.31 bits per heavy atom. The molecule has 0 aliphatic heterocycles. The van der Waals surface area contributed by atoms with Gasteiger partial charge < -0.3 is 9.47 Å². The Morgan fingerprint density at radius 1 is 0.857 bits per heavy atom. The standard InChI is InChI=1S/C28H23F4NO2/c1-2-15-34-24-12-14-26(33-17-24)22-9-13-25-21(16-22)8-7-20(27(25)29)6-3-19-4-10-23(11-5-19)35-18-28(30,31)32/h2,4-5,7-14,16-17H,1,3,6,15,18H2. The predicted octanol–water partition coefficient (Wildman–Crippen LogP) is 7.33. The number of fused-ring (bicyclic) bond motifs is 1. The van der Waals surface area contributed by atoms with E-state index in [0.29, 0.717) is 36.1 Å². The number of alkyl halides is 3.